The van der Waals surface area contributed by atoms with Crippen molar-refractivity contribution < 1.29 is 9.53 Å². The van der Waals surface area contributed by atoms with E-state index in [0.717, 1.165) is 24.4 Å². The summed E-state index contributed by atoms with van der Waals surface area (Å²) in [6, 6.07) is 9.44. The Bertz CT molecular complexity index is 691. The molecular weight excluding hydrogens is 318 g/mol. The molecule has 134 valence electrons. The number of hydrogen-bond donors (Lipinski definition) is 2. The number of benzene rings is 1. The third-order valence-electron chi connectivity index (χ3n) is 3.64. The van der Waals surface area contributed by atoms with Crippen molar-refractivity contribution >= 4 is 11.7 Å². The van der Waals surface area contributed by atoms with Crippen molar-refractivity contribution in [3.63, 3.8) is 0 Å². The molecular formula is C18H25N5O2. The molecule has 2 N–H and O–H groups in total. The molecule has 0 aliphatic carbocycles. The number of amides is 1. The van der Waals surface area contributed by atoms with Crippen LogP contribution in [0.1, 0.15) is 16.1 Å². The Labute approximate surface area is 148 Å². The molecule has 7 heteroatoms. The lowest BCUT2D eigenvalue weighted by Gasteiger charge is -2.11. The summed E-state index contributed by atoms with van der Waals surface area (Å²) >= 11 is 0. The van der Waals surface area contributed by atoms with Crippen LogP contribution in [0.15, 0.2) is 36.7 Å². The minimum absolute atomic E-state index is 0.215. The number of nitrogens with zero attached hydrogens (tertiary/aromatic N) is 3. The molecule has 0 fully saturated rings. The van der Waals surface area contributed by atoms with Crippen molar-refractivity contribution in [1.29, 1.82) is 0 Å². The summed E-state index contributed by atoms with van der Waals surface area (Å²) in [7, 11) is 5.65. The first-order valence-corrected chi connectivity index (χ1v) is 8.21. The monoisotopic (exact) mass is 343 g/mol. The standard InChI is InChI=1S/C18H25N5O2/c1-23(2)11-10-19-17-12-15(21-13-22-17)18(24)20-9-8-14-6-4-5-7-16(14)25-3/h4-7,12-13H,8-11H2,1-3H3,(H,20,24)(H,19,21,22). The molecule has 1 heterocycles. The van der Waals surface area contributed by atoms with E-state index in [9.17, 15) is 4.79 Å². The fourth-order valence-electron chi connectivity index (χ4n) is 2.30. The molecule has 0 unspecified atom stereocenters. The smallest absolute Gasteiger partial charge is 0.270 e. The summed E-state index contributed by atoms with van der Waals surface area (Å²) in [4.78, 5) is 22.5. The van der Waals surface area contributed by atoms with Crippen molar-refractivity contribution in [2.45, 2.75) is 6.42 Å². The largest absolute Gasteiger partial charge is 0.496 e. The van der Waals surface area contributed by atoms with Gasteiger partial charge in [-0.15, -0.1) is 0 Å². The number of anilines is 1. The van der Waals surface area contributed by atoms with Crippen molar-refractivity contribution in [1.82, 2.24) is 20.2 Å². The molecule has 0 atom stereocenters. The van der Waals surface area contributed by atoms with E-state index in [1.54, 1.807) is 13.2 Å². The van der Waals surface area contributed by atoms with E-state index in [1.807, 2.05) is 38.4 Å². The highest BCUT2D eigenvalue weighted by Crippen LogP contribution is 2.17. The highest BCUT2D eigenvalue weighted by atomic mass is 16.5. The van der Waals surface area contributed by atoms with E-state index < -0.39 is 0 Å². The summed E-state index contributed by atoms with van der Waals surface area (Å²) < 4.78 is 5.31. The van der Waals surface area contributed by atoms with Crippen molar-refractivity contribution in [2.24, 2.45) is 0 Å². The quantitative estimate of drug-likeness (QED) is 0.717. The first kappa shape index (κ1) is 18.7. The first-order chi connectivity index (χ1) is 12.1. The van der Waals surface area contributed by atoms with Crippen LogP contribution in [0.3, 0.4) is 0 Å². The molecule has 0 spiro atoms. The molecule has 0 radical (unpaired) electrons. The molecule has 0 bridgehead atoms. The molecule has 25 heavy (non-hydrogen) atoms. The average Bonchev–Trinajstić information content (AvgIpc) is 2.62. The number of aromatic nitrogens is 2. The van der Waals surface area contributed by atoms with Gasteiger partial charge in [0.05, 0.1) is 7.11 Å². The SMILES string of the molecule is COc1ccccc1CCNC(=O)c1cc(NCCN(C)C)ncn1. The molecule has 2 rings (SSSR count). The number of hydrogen-bond acceptors (Lipinski definition) is 6. The minimum atomic E-state index is -0.215. The van der Waals surface area contributed by atoms with Gasteiger partial charge in [0.25, 0.3) is 5.91 Å². The number of nitrogens with one attached hydrogen (secondary N) is 2. The van der Waals surface area contributed by atoms with Gasteiger partial charge in [-0.2, -0.15) is 0 Å². The van der Waals surface area contributed by atoms with Crippen LogP contribution in [0, 0.1) is 0 Å². The summed E-state index contributed by atoms with van der Waals surface area (Å²) in [5, 5.41) is 6.06. The van der Waals surface area contributed by atoms with Crippen LogP contribution in [0.25, 0.3) is 0 Å². The normalized spacial score (nSPS) is 10.6. The average molecular weight is 343 g/mol. The zero-order valence-electron chi connectivity index (χ0n) is 15.0. The van der Waals surface area contributed by atoms with E-state index in [0.29, 0.717) is 24.5 Å². The lowest BCUT2D eigenvalue weighted by molar-refractivity contribution is 0.0949. The molecule has 0 saturated carbocycles. The van der Waals surface area contributed by atoms with Crippen LogP contribution in [-0.2, 0) is 6.42 Å². The summed E-state index contributed by atoms with van der Waals surface area (Å²) in [6.07, 6.45) is 2.09. The molecule has 1 aromatic carbocycles. The van der Waals surface area contributed by atoms with Gasteiger partial charge in [-0.25, -0.2) is 9.97 Å². The van der Waals surface area contributed by atoms with Crippen molar-refractivity contribution in [3.8, 4) is 5.75 Å². The zero-order valence-corrected chi connectivity index (χ0v) is 15.0. The molecule has 7 nitrogen and oxygen atoms in total. The Morgan fingerprint density at radius 3 is 2.76 bits per heavy atom. The van der Waals surface area contributed by atoms with E-state index in [1.165, 1.54) is 6.33 Å². The maximum Gasteiger partial charge on any atom is 0.270 e. The fourth-order valence-corrected chi connectivity index (χ4v) is 2.30. The highest BCUT2D eigenvalue weighted by molar-refractivity contribution is 5.92. The maximum atomic E-state index is 12.3. The van der Waals surface area contributed by atoms with Crippen LogP contribution in [0.5, 0.6) is 5.75 Å². The number of rotatable bonds is 9. The molecule has 1 aromatic heterocycles. The van der Waals surface area contributed by atoms with Gasteiger partial charge in [0.15, 0.2) is 0 Å². The van der Waals surface area contributed by atoms with Crippen molar-refractivity contribution in [2.75, 3.05) is 46.2 Å². The molecule has 2 aromatic rings. The Kier molecular flexibility index (Phi) is 7.16. The van der Waals surface area contributed by atoms with Crippen LogP contribution in [0.2, 0.25) is 0 Å². The maximum absolute atomic E-state index is 12.3. The van der Waals surface area contributed by atoms with Gasteiger partial charge in [0.1, 0.15) is 23.6 Å². The summed E-state index contributed by atoms with van der Waals surface area (Å²) in [5.41, 5.74) is 1.40. The predicted molar refractivity (Wildman–Crippen MR) is 98.1 cm³/mol. The Morgan fingerprint density at radius 2 is 2.00 bits per heavy atom. The number of para-hydroxylation sites is 1. The van der Waals surface area contributed by atoms with Gasteiger partial charge in [0, 0.05) is 25.7 Å². The van der Waals surface area contributed by atoms with E-state index in [-0.39, 0.29) is 5.91 Å². The third-order valence-corrected chi connectivity index (χ3v) is 3.64. The van der Waals surface area contributed by atoms with Crippen LogP contribution in [-0.4, -0.2) is 61.6 Å². The fraction of sp³-hybridized carbons (Fsp3) is 0.389. The van der Waals surface area contributed by atoms with Gasteiger partial charge in [-0.3, -0.25) is 4.79 Å². The van der Waals surface area contributed by atoms with Gasteiger partial charge >= 0.3 is 0 Å². The first-order valence-electron chi connectivity index (χ1n) is 8.21. The molecule has 0 saturated heterocycles. The van der Waals surface area contributed by atoms with Gasteiger partial charge in [-0.05, 0) is 32.1 Å². The lowest BCUT2D eigenvalue weighted by atomic mass is 10.1. The van der Waals surface area contributed by atoms with Crippen LogP contribution < -0.4 is 15.4 Å². The number of carbonyl (C=O) groups excluding carboxylic acids is 1. The zero-order chi connectivity index (χ0) is 18.1. The number of likely N-dealkylation sites (N-methyl/N-ethyl adjacent to an activating group) is 1. The second kappa shape index (κ2) is 9.58. The number of carbonyl (C=O) groups is 1. The Morgan fingerprint density at radius 1 is 1.20 bits per heavy atom. The van der Waals surface area contributed by atoms with Crippen LogP contribution >= 0.6 is 0 Å². The minimum Gasteiger partial charge on any atom is -0.496 e. The second-order valence-electron chi connectivity index (χ2n) is 5.84. The van der Waals surface area contributed by atoms with Gasteiger partial charge in [-0.1, -0.05) is 18.2 Å². The van der Waals surface area contributed by atoms with Gasteiger partial charge < -0.3 is 20.3 Å². The van der Waals surface area contributed by atoms with E-state index >= 15 is 0 Å². The number of methoxy groups -OCH3 is 1. The van der Waals surface area contributed by atoms with Gasteiger partial charge in [0.2, 0.25) is 0 Å². The molecule has 0 aliphatic heterocycles. The second-order valence-corrected chi connectivity index (χ2v) is 5.84. The highest BCUT2D eigenvalue weighted by Gasteiger charge is 2.09. The summed E-state index contributed by atoms with van der Waals surface area (Å²) in [5.74, 6) is 1.26. The van der Waals surface area contributed by atoms with E-state index in [4.69, 9.17) is 4.74 Å². The Hall–Kier alpha value is -2.67. The third kappa shape index (κ3) is 6.04. The molecule has 1 amide bonds. The number of ether oxygens (including phenoxy) is 1. The predicted octanol–water partition coefficient (Wildman–Crippen LogP) is 1.43. The summed E-state index contributed by atoms with van der Waals surface area (Å²) in [6.45, 7) is 2.13. The topological polar surface area (TPSA) is 79.4 Å². The van der Waals surface area contributed by atoms with Crippen LogP contribution in [0.4, 0.5) is 5.82 Å². The Balaban J connectivity index is 1.86. The molecule has 0 aliphatic rings. The van der Waals surface area contributed by atoms with Crippen molar-refractivity contribution in [3.05, 3.63) is 47.9 Å². The van der Waals surface area contributed by atoms with E-state index in [2.05, 4.69) is 25.5 Å². The lowest BCUT2D eigenvalue weighted by Crippen LogP contribution is -2.27.